The number of methoxy groups -OCH3 is 1. The number of ether oxygens (including phenoxy) is 2. The van der Waals surface area contributed by atoms with Crippen LogP contribution in [0.4, 0.5) is 5.95 Å². The molecule has 1 aliphatic heterocycles. The van der Waals surface area contributed by atoms with Gasteiger partial charge in [0.25, 0.3) is 5.91 Å². The zero-order valence-corrected chi connectivity index (χ0v) is 16.2. The molecule has 1 fully saturated rings. The molecule has 28 heavy (non-hydrogen) atoms. The summed E-state index contributed by atoms with van der Waals surface area (Å²) in [6.45, 7) is 5.38. The van der Waals surface area contributed by atoms with Crippen molar-refractivity contribution >= 4 is 11.9 Å². The summed E-state index contributed by atoms with van der Waals surface area (Å²) >= 11 is 0. The van der Waals surface area contributed by atoms with Gasteiger partial charge < -0.3 is 20.1 Å². The molecule has 0 radical (unpaired) electrons. The molecule has 1 aromatic heterocycles. The maximum Gasteiger partial charge on any atom is 0.270 e. The van der Waals surface area contributed by atoms with Crippen LogP contribution in [0.2, 0.25) is 0 Å². The van der Waals surface area contributed by atoms with Gasteiger partial charge in [0.15, 0.2) is 0 Å². The lowest BCUT2D eigenvalue weighted by molar-refractivity contribution is 0.0383. The minimum Gasteiger partial charge on any atom is -0.497 e. The first kappa shape index (κ1) is 20.0. The van der Waals surface area contributed by atoms with Crippen LogP contribution in [0.25, 0.3) is 0 Å². The summed E-state index contributed by atoms with van der Waals surface area (Å²) < 4.78 is 10.6. The highest BCUT2D eigenvalue weighted by Crippen LogP contribution is 2.13. The normalized spacial score (nSPS) is 14.5. The predicted molar refractivity (Wildman–Crippen MR) is 107 cm³/mol. The Morgan fingerprint density at radius 3 is 2.93 bits per heavy atom. The summed E-state index contributed by atoms with van der Waals surface area (Å²) in [5, 5.41) is 6.08. The highest BCUT2D eigenvalue weighted by Gasteiger charge is 2.12. The number of anilines is 1. The van der Waals surface area contributed by atoms with Crippen molar-refractivity contribution in [2.45, 2.75) is 6.42 Å². The van der Waals surface area contributed by atoms with E-state index in [-0.39, 0.29) is 5.91 Å². The molecule has 2 heterocycles. The number of hydrogen-bond donors (Lipinski definition) is 2. The second-order valence-electron chi connectivity index (χ2n) is 6.50. The fraction of sp³-hybridized carbons (Fsp3) is 0.450. The lowest BCUT2D eigenvalue weighted by Gasteiger charge is -2.26. The standard InChI is InChI=1S/C20H27N5O3/c1-27-17-4-2-3-16(15-17)5-7-22-20-23-8-6-18(24-20)19(26)21-9-10-25-11-13-28-14-12-25/h2-4,6,8,15H,5,7,9-14H2,1H3,(H,21,26)(H,22,23,24). The molecular formula is C20H27N5O3. The van der Waals surface area contributed by atoms with Gasteiger partial charge in [-0.2, -0.15) is 0 Å². The highest BCUT2D eigenvalue weighted by atomic mass is 16.5. The van der Waals surface area contributed by atoms with Gasteiger partial charge >= 0.3 is 0 Å². The van der Waals surface area contributed by atoms with Crippen LogP contribution in [-0.4, -0.2) is 73.8 Å². The average molecular weight is 385 g/mol. The zero-order chi connectivity index (χ0) is 19.6. The number of carbonyl (C=O) groups excluding carboxylic acids is 1. The van der Waals surface area contributed by atoms with Crippen LogP contribution in [-0.2, 0) is 11.2 Å². The van der Waals surface area contributed by atoms with Gasteiger partial charge in [0.2, 0.25) is 5.95 Å². The molecule has 2 N–H and O–H groups in total. The SMILES string of the molecule is COc1cccc(CCNc2nccc(C(=O)NCCN3CCOCC3)n2)c1. The highest BCUT2D eigenvalue weighted by molar-refractivity contribution is 5.92. The lowest BCUT2D eigenvalue weighted by Crippen LogP contribution is -2.41. The first-order valence-corrected chi connectivity index (χ1v) is 9.53. The molecule has 0 spiro atoms. The number of nitrogens with zero attached hydrogens (tertiary/aromatic N) is 3. The van der Waals surface area contributed by atoms with E-state index in [2.05, 4.69) is 25.5 Å². The summed E-state index contributed by atoms with van der Waals surface area (Å²) in [6, 6.07) is 9.55. The molecule has 1 aromatic carbocycles. The van der Waals surface area contributed by atoms with E-state index in [9.17, 15) is 4.79 Å². The molecule has 8 heteroatoms. The molecule has 1 aliphatic rings. The summed E-state index contributed by atoms with van der Waals surface area (Å²) in [5.74, 6) is 1.10. The Bertz CT molecular complexity index is 765. The largest absolute Gasteiger partial charge is 0.497 e. The maximum absolute atomic E-state index is 12.3. The number of morpholine rings is 1. The van der Waals surface area contributed by atoms with Crippen molar-refractivity contribution in [3.05, 3.63) is 47.8 Å². The van der Waals surface area contributed by atoms with Gasteiger partial charge in [0.05, 0.1) is 20.3 Å². The number of benzene rings is 1. The first-order valence-electron chi connectivity index (χ1n) is 9.53. The molecule has 0 unspecified atom stereocenters. The second kappa shape index (κ2) is 10.6. The van der Waals surface area contributed by atoms with Crippen LogP contribution < -0.4 is 15.4 Å². The molecule has 3 rings (SSSR count). The molecule has 150 valence electrons. The van der Waals surface area contributed by atoms with E-state index in [0.29, 0.717) is 24.7 Å². The van der Waals surface area contributed by atoms with Gasteiger partial charge in [-0.25, -0.2) is 9.97 Å². The number of nitrogens with one attached hydrogen (secondary N) is 2. The third-order valence-electron chi connectivity index (χ3n) is 4.54. The van der Waals surface area contributed by atoms with Crippen molar-refractivity contribution < 1.29 is 14.3 Å². The summed E-state index contributed by atoms with van der Waals surface area (Å²) in [7, 11) is 1.66. The Labute approximate surface area is 165 Å². The van der Waals surface area contributed by atoms with Crippen LogP contribution in [0.5, 0.6) is 5.75 Å². The van der Waals surface area contributed by atoms with Gasteiger partial charge in [0, 0.05) is 38.9 Å². The third kappa shape index (κ3) is 6.17. The molecule has 0 saturated carbocycles. The number of hydrogen-bond acceptors (Lipinski definition) is 7. The quantitative estimate of drug-likeness (QED) is 0.671. The van der Waals surface area contributed by atoms with E-state index < -0.39 is 0 Å². The number of carbonyl (C=O) groups is 1. The van der Waals surface area contributed by atoms with Gasteiger partial charge in [-0.3, -0.25) is 9.69 Å². The third-order valence-corrected chi connectivity index (χ3v) is 4.54. The molecule has 1 saturated heterocycles. The Hall–Kier alpha value is -2.71. The molecule has 8 nitrogen and oxygen atoms in total. The van der Waals surface area contributed by atoms with E-state index in [1.54, 1.807) is 19.4 Å². The van der Waals surface area contributed by atoms with Crippen LogP contribution in [0.3, 0.4) is 0 Å². The fourth-order valence-corrected chi connectivity index (χ4v) is 2.96. The summed E-state index contributed by atoms with van der Waals surface area (Å²) in [4.78, 5) is 23.1. The molecular weight excluding hydrogens is 358 g/mol. The Balaban J connectivity index is 1.44. The van der Waals surface area contributed by atoms with Crippen LogP contribution >= 0.6 is 0 Å². The van der Waals surface area contributed by atoms with Crippen molar-refractivity contribution in [1.82, 2.24) is 20.2 Å². The van der Waals surface area contributed by atoms with Crippen LogP contribution in [0.1, 0.15) is 16.1 Å². The minimum atomic E-state index is -0.188. The average Bonchev–Trinajstić information content (AvgIpc) is 2.75. The van der Waals surface area contributed by atoms with Crippen LogP contribution in [0.15, 0.2) is 36.5 Å². The monoisotopic (exact) mass is 385 g/mol. The number of amides is 1. The molecule has 1 amide bonds. The van der Waals surface area contributed by atoms with Crippen LogP contribution in [0, 0.1) is 0 Å². The van der Waals surface area contributed by atoms with Gasteiger partial charge in [-0.05, 0) is 30.2 Å². The molecule has 0 aliphatic carbocycles. The molecule has 2 aromatic rings. The van der Waals surface area contributed by atoms with E-state index >= 15 is 0 Å². The smallest absolute Gasteiger partial charge is 0.270 e. The Kier molecular flexibility index (Phi) is 7.57. The Morgan fingerprint density at radius 2 is 2.11 bits per heavy atom. The lowest BCUT2D eigenvalue weighted by atomic mass is 10.1. The van der Waals surface area contributed by atoms with Gasteiger partial charge in [0.1, 0.15) is 11.4 Å². The zero-order valence-electron chi connectivity index (χ0n) is 16.2. The first-order chi connectivity index (χ1) is 13.7. The van der Waals surface area contributed by atoms with Crippen molar-refractivity contribution in [2.24, 2.45) is 0 Å². The van der Waals surface area contributed by atoms with Gasteiger partial charge in [-0.15, -0.1) is 0 Å². The van der Waals surface area contributed by atoms with Crippen molar-refractivity contribution in [1.29, 1.82) is 0 Å². The van der Waals surface area contributed by atoms with Crippen molar-refractivity contribution in [2.75, 3.05) is 58.4 Å². The number of rotatable bonds is 9. The van der Waals surface area contributed by atoms with E-state index in [1.165, 1.54) is 0 Å². The van der Waals surface area contributed by atoms with Gasteiger partial charge in [-0.1, -0.05) is 12.1 Å². The maximum atomic E-state index is 12.3. The molecule has 0 atom stereocenters. The van der Waals surface area contributed by atoms with Crippen molar-refractivity contribution in [3.8, 4) is 5.75 Å². The fourth-order valence-electron chi connectivity index (χ4n) is 2.96. The summed E-state index contributed by atoms with van der Waals surface area (Å²) in [6.07, 6.45) is 2.40. The van der Waals surface area contributed by atoms with E-state index in [1.807, 2.05) is 24.3 Å². The van der Waals surface area contributed by atoms with E-state index in [0.717, 1.165) is 50.6 Å². The van der Waals surface area contributed by atoms with E-state index in [4.69, 9.17) is 9.47 Å². The number of aromatic nitrogens is 2. The Morgan fingerprint density at radius 1 is 1.25 bits per heavy atom. The minimum absolute atomic E-state index is 0.188. The second-order valence-corrected chi connectivity index (χ2v) is 6.50. The topological polar surface area (TPSA) is 88.6 Å². The summed E-state index contributed by atoms with van der Waals surface area (Å²) in [5.41, 5.74) is 1.52. The molecule has 0 bridgehead atoms. The predicted octanol–water partition coefficient (Wildman–Crippen LogP) is 1.20. The van der Waals surface area contributed by atoms with Crippen molar-refractivity contribution in [3.63, 3.8) is 0 Å².